The lowest BCUT2D eigenvalue weighted by Gasteiger charge is -2.30. The van der Waals surface area contributed by atoms with E-state index in [-0.39, 0.29) is 26.4 Å². The normalized spacial score (nSPS) is 19.8. The zero-order valence-electron chi connectivity index (χ0n) is 13.6. The van der Waals surface area contributed by atoms with Crippen molar-refractivity contribution in [1.82, 2.24) is 19.8 Å². The number of morpholine rings is 1. The van der Waals surface area contributed by atoms with Gasteiger partial charge in [-0.15, -0.1) is 10.0 Å². The van der Waals surface area contributed by atoms with Gasteiger partial charge in [0, 0.05) is 26.2 Å². The van der Waals surface area contributed by atoms with Gasteiger partial charge >= 0.3 is 0 Å². The van der Waals surface area contributed by atoms with Gasteiger partial charge < -0.3 is 9.47 Å². The lowest BCUT2D eigenvalue weighted by molar-refractivity contribution is -0.678. The summed E-state index contributed by atoms with van der Waals surface area (Å²) in [5.41, 5.74) is 0. The van der Waals surface area contributed by atoms with Gasteiger partial charge in [-0.05, 0) is 6.42 Å². The fourth-order valence-electron chi connectivity index (χ4n) is 2.60. The highest BCUT2D eigenvalue weighted by Crippen LogP contribution is 2.05. The molecule has 2 aliphatic rings. The Morgan fingerprint density at radius 3 is 1.92 bits per heavy atom. The van der Waals surface area contributed by atoms with Crippen LogP contribution in [0.15, 0.2) is 0 Å². The van der Waals surface area contributed by atoms with Crippen molar-refractivity contribution >= 4 is 0 Å². The highest BCUT2D eigenvalue weighted by atomic mass is 16.7. The first kappa shape index (κ1) is 18.6. The van der Waals surface area contributed by atoms with Gasteiger partial charge in [-0.2, -0.15) is 0 Å². The third-order valence-corrected chi connectivity index (χ3v) is 3.95. The van der Waals surface area contributed by atoms with Gasteiger partial charge in [0.2, 0.25) is 0 Å². The molecular formula is C12H24N6O6. The van der Waals surface area contributed by atoms with E-state index in [1.54, 1.807) is 0 Å². The summed E-state index contributed by atoms with van der Waals surface area (Å²) >= 11 is 0. The summed E-state index contributed by atoms with van der Waals surface area (Å²) in [6.07, 6.45) is 0.823. The summed E-state index contributed by atoms with van der Waals surface area (Å²) in [6.45, 7) is 4.21. The zero-order chi connectivity index (χ0) is 17.4. The van der Waals surface area contributed by atoms with E-state index in [9.17, 15) is 20.2 Å². The fourth-order valence-corrected chi connectivity index (χ4v) is 2.60. The van der Waals surface area contributed by atoms with Crippen LogP contribution in [0.5, 0.6) is 0 Å². The Kier molecular flexibility index (Phi) is 7.36. The molecule has 0 atom stereocenters. The molecule has 138 valence electrons. The van der Waals surface area contributed by atoms with E-state index in [1.807, 2.05) is 9.80 Å². The number of nitrogens with zero attached hydrogens (tertiary/aromatic N) is 6. The zero-order valence-corrected chi connectivity index (χ0v) is 13.6. The lowest BCUT2D eigenvalue weighted by Crippen LogP contribution is -2.50. The number of hydrogen-bond acceptors (Lipinski definition) is 8. The van der Waals surface area contributed by atoms with Gasteiger partial charge in [0.25, 0.3) is 0 Å². The van der Waals surface area contributed by atoms with Crippen LogP contribution in [-0.2, 0) is 9.47 Å². The Bertz CT molecular complexity index is 377. The monoisotopic (exact) mass is 348 g/mol. The minimum atomic E-state index is -0.512. The van der Waals surface area contributed by atoms with Gasteiger partial charge in [-0.1, -0.05) is 0 Å². The van der Waals surface area contributed by atoms with Crippen LogP contribution in [0.4, 0.5) is 0 Å². The molecule has 0 bridgehead atoms. The highest BCUT2D eigenvalue weighted by molar-refractivity contribution is 4.62. The van der Waals surface area contributed by atoms with Crippen molar-refractivity contribution in [3.8, 4) is 0 Å². The fraction of sp³-hybridized carbons (Fsp3) is 1.00. The van der Waals surface area contributed by atoms with Gasteiger partial charge in [0.05, 0.1) is 13.2 Å². The summed E-state index contributed by atoms with van der Waals surface area (Å²) < 4.78 is 10.5. The molecule has 2 heterocycles. The molecule has 0 saturated carbocycles. The minimum Gasteiger partial charge on any atom is -0.379 e. The Balaban J connectivity index is 1.82. The molecule has 0 radical (unpaired) electrons. The number of hydrogen-bond donors (Lipinski definition) is 0. The Morgan fingerprint density at radius 1 is 0.833 bits per heavy atom. The molecule has 0 aliphatic carbocycles. The maximum Gasteiger partial charge on any atom is 0.161 e. The second-order valence-corrected chi connectivity index (χ2v) is 5.73. The summed E-state index contributed by atoms with van der Waals surface area (Å²) in [5.74, 6) is 0. The van der Waals surface area contributed by atoms with E-state index in [1.165, 1.54) is 0 Å². The maximum atomic E-state index is 11.2. The van der Waals surface area contributed by atoms with E-state index < -0.39 is 10.1 Å². The summed E-state index contributed by atoms with van der Waals surface area (Å²) in [5, 5.41) is 23.4. The number of hydrazine groups is 2. The molecule has 12 heteroatoms. The topological polar surface area (TPSA) is 118 Å². The third-order valence-electron chi connectivity index (χ3n) is 3.95. The average Bonchev–Trinajstić information content (AvgIpc) is 2.58. The Hall–Kier alpha value is -1.76. The molecule has 2 fully saturated rings. The van der Waals surface area contributed by atoms with Crippen molar-refractivity contribution in [2.24, 2.45) is 0 Å². The quantitative estimate of drug-likeness (QED) is 0.375. The molecule has 0 amide bonds. The summed E-state index contributed by atoms with van der Waals surface area (Å²) in [4.78, 5) is 26.1. The third kappa shape index (κ3) is 6.03. The van der Waals surface area contributed by atoms with Gasteiger partial charge in [0.1, 0.15) is 33.2 Å². The predicted octanol–water partition coefficient (Wildman–Crippen LogP) is -1.10. The Morgan fingerprint density at radius 2 is 1.42 bits per heavy atom. The van der Waals surface area contributed by atoms with Crippen LogP contribution in [0.3, 0.4) is 0 Å². The van der Waals surface area contributed by atoms with Gasteiger partial charge in [0.15, 0.2) is 10.1 Å². The maximum absolute atomic E-state index is 11.2. The molecule has 0 N–H and O–H groups in total. The Labute approximate surface area is 139 Å². The van der Waals surface area contributed by atoms with Crippen LogP contribution in [0.1, 0.15) is 6.42 Å². The molecule has 0 aromatic heterocycles. The molecule has 24 heavy (non-hydrogen) atoms. The summed E-state index contributed by atoms with van der Waals surface area (Å²) in [6, 6.07) is 0. The van der Waals surface area contributed by atoms with Gasteiger partial charge in [-0.25, -0.2) is 20.2 Å². The summed E-state index contributed by atoms with van der Waals surface area (Å²) in [7, 11) is 0. The smallest absolute Gasteiger partial charge is 0.161 e. The van der Waals surface area contributed by atoms with Crippen LogP contribution >= 0.6 is 0 Å². The van der Waals surface area contributed by atoms with E-state index >= 15 is 0 Å². The van der Waals surface area contributed by atoms with Crippen molar-refractivity contribution < 1.29 is 19.5 Å². The van der Waals surface area contributed by atoms with E-state index in [0.717, 1.165) is 23.0 Å². The van der Waals surface area contributed by atoms with Crippen LogP contribution < -0.4 is 0 Å². The first-order valence-electron chi connectivity index (χ1n) is 7.95. The van der Waals surface area contributed by atoms with Crippen molar-refractivity contribution in [3.05, 3.63) is 20.2 Å². The van der Waals surface area contributed by atoms with E-state index in [2.05, 4.69) is 0 Å². The van der Waals surface area contributed by atoms with Crippen LogP contribution in [0.25, 0.3) is 0 Å². The standard InChI is InChI=1S/C12H24N6O6/c19-17(20)15(10-13-5-8-23-9-6-13)3-4-16(18(21)22)11-14-2-1-7-24-12-14/h1-12H2. The molecule has 0 unspecified atom stereocenters. The average molecular weight is 348 g/mol. The van der Waals surface area contributed by atoms with E-state index in [4.69, 9.17) is 9.47 Å². The van der Waals surface area contributed by atoms with Crippen LogP contribution in [-0.4, -0.2) is 102 Å². The molecule has 2 aliphatic heterocycles. The molecule has 0 aromatic rings. The second kappa shape index (κ2) is 9.52. The molecule has 0 spiro atoms. The van der Waals surface area contributed by atoms with Crippen molar-refractivity contribution in [2.45, 2.75) is 6.42 Å². The predicted molar refractivity (Wildman–Crippen MR) is 81.7 cm³/mol. The molecular weight excluding hydrogens is 324 g/mol. The number of ether oxygens (including phenoxy) is 2. The SMILES string of the molecule is O=[N+]([O-])N(CCN(CN1CCCOC1)[N+](=O)[O-])CN1CCOCC1. The first-order chi connectivity index (χ1) is 11.6. The molecule has 2 saturated heterocycles. The van der Waals surface area contributed by atoms with Crippen molar-refractivity contribution in [3.63, 3.8) is 0 Å². The van der Waals surface area contributed by atoms with Crippen LogP contribution in [0.2, 0.25) is 0 Å². The van der Waals surface area contributed by atoms with Crippen molar-refractivity contribution in [2.75, 3.05) is 72.6 Å². The molecule has 0 aromatic carbocycles. The minimum absolute atomic E-state index is 0.0277. The lowest BCUT2D eigenvalue weighted by atomic mass is 10.4. The second-order valence-electron chi connectivity index (χ2n) is 5.73. The largest absolute Gasteiger partial charge is 0.379 e. The molecule has 12 nitrogen and oxygen atoms in total. The first-order valence-corrected chi connectivity index (χ1v) is 7.95. The van der Waals surface area contributed by atoms with Crippen molar-refractivity contribution in [1.29, 1.82) is 0 Å². The number of nitro groups is 2. The van der Waals surface area contributed by atoms with E-state index in [0.29, 0.717) is 39.6 Å². The van der Waals surface area contributed by atoms with Gasteiger partial charge in [-0.3, -0.25) is 9.80 Å². The number of rotatable bonds is 9. The van der Waals surface area contributed by atoms with Crippen LogP contribution in [0, 0.1) is 20.2 Å². The highest BCUT2D eigenvalue weighted by Gasteiger charge is 2.26. The molecule has 2 rings (SSSR count).